The predicted octanol–water partition coefficient (Wildman–Crippen LogP) is 4.79. The van der Waals surface area contributed by atoms with Crippen molar-refractivity contribution in [1.29, 1.82) is 0 Å². The van der Waals surface area contributed by atoms with Crippen LogP contribution < -0.4 is 15.7 Å². The van der Waals surface area contributed by atoms with E-state index in [1.807, 2.05) is 54.6 Å². The monoisotopic (exact) mass is 373 g/mol. The van der Waals surface area contributed by atoms with E-state index in [9.17, 15) is 9.90 Å². The van der Waals surface area contributed by atoms with Crippen LogP contribution in [0.25, 0.3) is 22.1 Å². The minimum Gasteiger partial charge on any atom is -0.507 e. The van der Waals surface area contributed by atoms with Gasteiger partial charge in [0.15, 0.2) is 0 Å². The predicted molar refractivity (Wildman–Crippen MR) is 110 cm³/mol. The van der Waals surface area contributed by atoms with Crippen molar-refractivity contribution >= 4 is 16.7 Å². The average Bonchev–Trinajstić information content (AvgIpc) is 2.72. The molecule has 5 nitrogen and oxygen atoms in total. The van der Waals surface area contributed by atoms with E-state index in [4.69, 9.17) is 9.15 Å². The molecule has 4 rings (SSSR count). The van der Waals surface area contributed by atoms with Crippen molar-refractivity contribution in [2.45, 2.75) is 6.54 Å². The number of rotatable bonds is 5. The van der Waals surface area contributed by atoms with Crippen LogP contribution in [-0.4, -0.2) is 12.2 Å². The van der Waals surface area contributed by atoms with E-state index in [1.54, 1.807) is 19.2 Å². The van der Waals surface area contributed by atoms with Crippen molar-refractivity contribution in [1.82, 2.24) is 0 Å². The number of nitrogens with one attached hydrogen (secondary N) is 1. The molecule has 1 aromatic heterocycles. The molecule has 0 atom stereocenters. The summed E-state index contributed by atoms with van der Waals surface area (Å²) in [5, 5.41) is 14.5. The number of hydrogen-bond acceptors (Lipinski definition) is 5. The fourth-order valence-electron chi connectivity index (χ4n) is 3.24. The van der Waals surface area contributed by atoms with Crippen LogP contribution in [0.3, 0.4) is 0 Å². The van der Waals surface area contributed by atoms with Crippen molar-refractivity contribution in [3.63, 3.8) is 0 Å². The number of fused-ring (bicyclic) bond motifs is 1. The van der Waals surface area contributed by atoms with Gasteiger partial charge in [0.2, 0.25) is 0 Å². The van der Waals surface area contributed by atoms with Gasteiger partial charge in [0.25, 0.3) is 0 Å². The molecule has 0 aliphatic rings. The number of aromatic hydroxyl groups is 1. The van der Waals surface area contributed by atoms with Crippen molar-refractivity contribution in [3.8, 4) is 22.6 Å². The quantitative estimate of drug-likeness (QED) is 0.492. The van der Waals surface area contributed by atoms with Crippen LogP contribution in [0.1, 0.15) is 5.56 Å². The Bertz CT molecular complexity index is 1180. The highest BCUT2D eigenvalue weighted by atomic mass is 16.5. The van der Waals surface area contributed by atoms with Gasteiger partial charge < -0.3 is 19.6 Å². The summed E-state index contributed by atoms with van der Waals surface area (Å²) in [4.78, 5) is 12.1. The largest absolute Gasteiger partial charge is 0.507 e. The van der Waals surface area contributed by atoms with Crippen LogP contribution in [0.4, 0.5) is 5.69 Å². The van der Waals surface area contributed by atoms with E-state index in [0.717, 1.165) is 16.8 Å². The number of hydrogen-bond donors (Lipinski definition) is 2. The molecule has 0 spiro atoms. The van der Waals surface area contributed by atoms with Crippen molar-refractivity contribution in [3.05, 3.63) is 88.8 Å². The highest BCUT2D eigenvalue weighted by Gasteiger charge is 2.12. The second-order valence-corrected chi connectivity index (χ2v) is 6.38. The summed E-state index contributed by atoms with van der Waals surface area (Å²) >= 11 is 0. The van der Waals surface area contributed by atoms with Crippen molar-refractivity contribution in [2.75, 3.05) is 12.4 Å². The molecule has 5 heteroatoms. The van der Waals surface area contributed by atoms with Crippen LogP contribution in [0.15, 0.2) is 82.0 Å². The molecule has 1 heterocycles. The molecular weight excluding hydrogens is 354 g/mol. The first-order chi connectivity index (χ1) is 13.7. The fraction of sp³-hybridized carbons (Fsp3) is 0.0870. The van der Waals surface area contributed by atoms with Crippen LogP contribution in [0.2, 0.25) is 0 Å². The van der Waals surface area contributed by atoms with E-state index in [-0.39, 0.29) is 5.75 Å². The Morgan fingerprint density at radius 1 is 1.00 bits per heavy atom. The lowest BCUT2D eigenvalue weighted by atomic mass is 10.0. The van der Waals surface area contributed by atoms with Crippen LogP contribution >= 0.6 is 0 Å². The van der Waals surface area contributed by atoms with Gasteiger partial charge in [0, 0.05) is 23.6 Å². The third kappa shape index (κ3) is 3.42. The molecule has 0 unspecified atom stereocenters. The maximum absolute atomic E-state index is 12.1. The first-order valence-corrected chi connectivity index (χ1v) is 8.88. The first kappa shape index (κ1) is 17.7. The van der Waals surface area contributed by atoms with Gasteiger partial charge in [-0.15, -0.1) is 0 Å². The second kappa shape index (κ2) is 7.48. The van der Waals surface area contributed by atoms with Crippen LogP contribution in [0.5, 0.6) is 11.5 Å². The number of anilines is 1. The maximum Gasteiger partial charge on any atom is 0.336 e. The standard InChI is InChI=1S/C23H19NO4/c1-27-21-10-6-5-9-19(21)24-14-16-11-23(26)28-22-13-17(20(25)12-18(16)22)15-7-3-2-4-8-15/h2-13,24-25H,14H2,1H3. The lowest BCUT2D eigenvalue weighted by Crippen LogP contribution is -2.06. The lowest BCUT2D eigenvalue weighted by molar-refractivity contribution is 0.416. The summed E-state index contributed by atoms with van der Waals surface area (Å²) < 4.78 is 10.7. The van der Waals surface area contributed by atoms with Gasteiger partial charge in [-0.1, -0.05) is 42.5 Å². The van der Waals surface area contributed by atoms with Gasteiger partial charge in [0.05, 0.1) is 12.8 Å². The summed E-state index contributed by atoms with van der Waals surface area (Å²) in [6.45, 7) is 0.382. The van der Waals surface area contributed by atoms with Crippen molar-refractivity contribution < 1.29 is 14.3 Å². The molecule has 2 N–H and O–H groups in total. The maximum atomic E-state index is 12.1. The third-order valence-corrected chi connectivity index (χ3v) is 4.61. The van der Waals surface area contributed by atoms with Gasteiger partial charge in [0.1, 0.15) is 17.1 Å². The number of ether oxygens (including phenoxy) is 1. The zero-order valence-corrected chi connectivity index (χ0v) is 15.3. The molecule has 0 saturated carbocycles. The topological polar surface area (TPSA) is 71.7 Å². The number of para-hydroxylation sites is 2. The summed E-state index contributed by atoms with van der Waals surface area (Å²) in [6, 6.07) is 21.8. The van der Waals surface area contributed by atoms with Gasteiger partial charge in [-0.25, -0.2) is 4.79 Å². The highest BCUT2D eigenvalue weighted by molar-refractivity contribution is 5.89. The molecule has 0 saturated heterocycles. The molecule has 28 heavy (non-hydrogen) atoms. The number of phenols is 1. The Morgan fingerprint density at radius 2 is 1.75 bits per heavy atom. The van der Waals surface area contributed by atoms with E-state index < -0.39 is 5.63 Å². The molecule has 0 fully saturated rings. The Labute approximate surface area is 161 Å². The molecule has 0 aliphatic heterocycles. The van der Waals surface area contributed by atoms with Gasteiger partial charge in [-0.3, -0.25) is 0 Å². The van der Waals surface area contributed by atoms with Gasteiger partial charge in [-0.2, -0.15) is 0 Å². The smallest absolute Gasteiger partial charge is 0.336 e. The molecule has 0 aliphatic carbocycles. The zero-order chi connectivity index (χ0) is 19.5. The molecule has 0 amide bonds. The average molecular weight is 373 g/mol. The SMILES string of the molecule is COc1ccccc1NCc1cc(=O)oc2cc(-c3ccccc3)c(O)cc12. The normalized spacial score (nSPS) is 10.8. The fourth-order valence-corrected chi connectivity index (χ4v) is 3.24. The Hall–Kier alpha value is -3.73. The zero-order valence-electron chi connectivity index (χ0n) is 15.3. The first-order valence-electron chi connectivity index (χ1n) is 8.88. The lowest BCUT2D eigenvalue weighted by Gasteiger charge is -2.13. The summed E-state index contributed by atoms with van der Waals surface area (Å²) in [7, 11) is 1.61. The summed E-state index contributed by atoms with van der Waals surface area (Å²) in [5.74, 6) is 0.843. The van der Waals surface area contributed by atoms with E-state index >= 15 is 0 Å². The van der Waals surface area contributed by atoms with E-state index in [2.05, 4.69) is 5.32 Å². The number of phenolic OH excluding ortho intramolecular Hbond substituents is 1. The molecule has 3 aromatic carbocycles. The van der Waals surface area contributed by atoms with E-state index in [1.165, 1.54) is 6.07 Å². The Morgan fingerprint density at radius 3 is 2.54 bits per heavy atom. The van der Waals surface area contributed by atoms with Crippen LogP contribution in [-0.2, 0) is 6.54 Å². The minimum atomic E-state index is -0.436. The number of methoxy groups -OCH3 is 1. The molecule has 140 valence electrons. The molecule has 0 radical (unpaired) electrons. The van der Waals surface area contributed by atoms with E-state index in [0.29, 0.717) is 28.8 Å². The van der Waals surface area contributed by atoms with Crippen LogP contribution in [0, 0.1) is 0 Å². The molecular formula is C23H19NO4. The molecule has 4 aromatic rings. The Balaban J connectivity index is 1.75. The Kier molecular flexibility index (Phi) is 4.72. The highest BCUT2D eigenvalue weighted by Crippen LogP contribution is 2.34. The number of benzene rings is 3. The second-order valence-electron chi connectivity index (χ2n) is 6.38. The van der Waals surface area contributed by atoms with Gasteiger partial charge in [-0.05, 0) is 35.4 Å². The minimum absolute atomic E-state index is 0.131. The molecule has 0 bridgehead atoms. The third-order valence-electron chi connectivity index (χ3n) is 4.61. The summed E-state index contributed by atoms with van der Waals surface area (Å²) in [5.41, 5.74) is 3.01. The van der Waals surface area contributed by atoms with Gasteiger partial charge >= 0.3 is 5.63 Å². The summed E-state index contributed by atoms with van der Waals surface area (Å²) in [6.07, 6.45) is 0. The van der Waals surface area contributed by atoms with Crippen molar-refractivity contribution in [2.24, 2.45) is 0 Å².